The number of carboxylic acid groups (broad SMARTS) is 1. The van der Waals surface area contributed by atoms with Crippen LogP contribution in [0.2, 0.25) is 0 Å². The molecule has 0 saturated carbocycles. The maximum Gasteiger partial charge on any atom is 0.335 e. The van der Waals surface area contributed by atoms with E-state index in [2.05, 4.69) is 19.9 Å². The van der Waals surface area contributed by atoms with E-state index >= 15 is 0 Å². The quantitative estimate of drug-likeness (QED) is 0.902. The molecule has 2 aromatic rings. The molecule has 0 aliphatic carbocycles. The van der Waals surface area contributed by atoms with Gasteiger partial charge in [0.15, 0.2) is 0 Å². The van der Waals surface area contributed by atoms with Crippen molar-refractivity contribution in [3.63, 3.8) is 0 Å². The molecule has 0 aromatic heterocycles. The molecule has 2 heterocycles. The number of benzene rings is 2. The first-order chi connectivity index (χ1) is 11.9. The third kappa shape index (κ3) is 2.23. The number of carbonyl (C=O) groups is 1. The lowest BCUT2D eigenvalue weighted by Crippen LogP contribution is -2.51. The van der Waals surface area contributed by atoms with Gasteiger partial charge in [0.25, 0.3) is 0 Å². The Morgan fingerprint density at radius 2 is 2.04 bits per heavy atom. The lowest BCUT2D eigenvalue weighted by Gasteiger charge is -2.52. The van der Waals surface area contributed by atoms with Crippen LogP contribution in [0.1, 0.15) is 41.4 Å². The van der Waals surface area contributed by atoms with Crippen LogP contribution in [0.4, 0.5) is 5.69 Å². The van der Waals surface area contributed by atoms with E-state index in [0.29, 0.717) is 12.2 Å². The maximum absolute atomic E-state index is 11.4. The molecule has 1 N–H and O–H groups in total. The zero-order chi connectivity index (χ0) is 17.8. The second-order valence-electron chi connectivity index (χ2n) is 7.17. The van der Waals surface area contributed by atoms with E-state index in [1.807, 2.05) is 29.3 Å². The van der Waals surface area contributed by atoms with Gasteiger partial charge in [0.05, 0.1) is 31.0 Å². The zero-order valence-electron chi connectivity index (χ0n) is 14.5. The summed E-state index contributed by atoms with van der Waals surface area (Å²) in [4.78, 5) is 17.2. The minimum atomic E-state index is -0.921. The summed E-state index contributed by atoms with van der Waals surface area (Å²) in [5.74, 6) is 0.0982. The molecule has 25 heavy (non-hydrogen) atoms. The maximum atomic E-state index is 11.4. The van der Waals surface area contributed by atoms with Crippen molar-refractivity contribution < 1.29 is 19.5 Å². The van der Waals surface area contributed by atoms with E-state index < -0.39 is 5.97 Å². The summed E-state index contributed by atoms with van der Waals surface area (Å²) in [6.07, 6.45) is 0. The molecule has 130 valence electrons. The third-order valence-electron chi connectivity index (χ3n) is 5.59. The van der Waals surface area contributed by atoms with Gasteiger partial charge in [-0.25, -0.2) is 9.86 Å². The van der Waals surface area contributed by atoms with Crippen molar-refractivity contribution in [2.75, 3.05) is 18.8 Å². The molecular formula is C20H21NO4. The average Bonchev–Trinajstić information content (AvgIpc) is 2.61. The van der Waals surface area contributed by atoms with E-state index in [-0.39, 0.29) is 17.4 Å². The molecule has 2 atom stereocenters. The van der Waals surface area contributed by atoms with Crippen LogP contribution >= 0.6 is 0 Å². The zero-order valence-corrected chi connectivity index (χ0v) is 14.5. The lowest BCUT2D eigenvalue weighted by molar-refractivity contribution is 0.0440. The molecule has 5 heteroatoms. The number of aromatic carboxylic acids is 1. The van der Waals surface area contributed by atoms with Gasteiger partial charge in [-0.1, -0.05) is 32.0 Å². The Balaban J connectivity index is 1.94. The summed E-state index contributed by atoms with van der Waals surface area (Å²) in [6, 6.07) is 13.3. The SMILES string of the molecule is CON1c2ccc(C(=O)O)cc2C(C)(C)[C@H]2COc3ccccc3[C@H]21. The highest BCUT2D eigenvalue weighted by Crippen LogP contribution is 2.55. The largest absolute Gasteiger partial charge is 0.493 e. The molecule has 0 amide bonds. The molecule has 4 rings (SSSR count). The van der Waals surface area contributed by atoms with E-state index in [1.165, 1.54) is 0 Å². The second-order valence-corrected chi connectivity index (χ2v) is 7.17. The lowest BCUT2D eigenvalue weighted by atomic mass is 9.65. The predicted molar refractivity (Wildman–Crippen MR) is 94.1 cm³/mol. The number of hydrogen-bond acceptors (Lipinski definition) is 4. The first kappa shape index (κ1) is 16.0. The summed E-state index contributed by atoms with van der Waals surface area (Å²) in [5, 5.41) is 11.3. The minimum Gasteiger partial charge on any atom is -0.493 e. The summed E-state index contributed by atoms with van der Waals surface area (Å²) in [5.41, 5.74) is 3.02. The highest BCUT2D eigenvalue weighted by Gasteiger charge is 2.50. The number of rotatable bonds is 2. The Morgan fingerprint density at radius 1 is 1.28 bits per heavy atom. The Morgan fingerprint density at radius 3 is 2.76 bits per heavy atom. The predicted octanol–water partition coefficient (Wildman–Crippen LogP) is 3.79. The van der Waals surface area contributed by atoms with Crippen LogP contribution in [-0.2, 0) is 10.3 Å². The first-order valence-electron chi connectivity index (χ1n) is 8.38. The highest BCUT2D eigenvalue weighted by molar-refractivity contribution is 5.89. The molecule has 5 nitrogen and oxygen atoms in total. The fraction of sp³-hybridized carbons (Fsp3) is 0.350. The van der Waals surface area contributed by atoms with Gasteiger partial charge in [-0.15, -0.1) is 0 Å². The molecule has 0 saturated heterocycles. The number of hydroxylamine groups is 1. The summed E-state index contributed by atoms with van der Waals surface area (Å²) in [6.45, 7) is 4.87. The number of carboxylic acids is 1. The Hall–Kier alpha value is -2.53. The van der Waals surface area contributed by atoms with Gasteiger partial charge in [0.2, 0.25) is 0 Å². The first-order valence-corrected chi connectivity index (χ1v) is 8.38. The van der Waals surface area contributed by atoms with Crippen molar-refractivity contribution in [1.29, 1.82) is 0 Å². The number of nitrogens with zero attached hydrogens (tertiary/aromatic N) is 1. The van der Waals surface area contributed by atoms with Crippen LogP contribution in [0.5, 0.6) is 5.75 Å². The highest BCUT2D eigenvalue weighted by atomic mass is 16.7. The standard InChI is InChI=1S/C20H21NO4/c1-20(2)14-10-12(19(22)23)8-9-16(14)21(24-3)18-13-6-4-5-7-17(13)25-11-15(18)20/h4-10,15,18H,11H2,1-3H3,(H,22,23)/t15-,18+/m0/s1. The Kier molecular flexibility index (Phi) is 3.51. The normalized spacial score (nSPS) is 23.1. The van der Waals surface area contributed by atoms with Gasteiger partial charge in [-0.05, 0) is 29.8 Å². The molecule has 2 aromatic carbocycles. The Labute approximate surface area is 146 Å². The fourth-order valence-corrected chi connectivity index (χ4v) is 4.18. The van der Waals surface area contributed by atoms with Crippen LogP contribution in [0, 0.1) is 5.92 Å². The van der Waals surface area contributed by atoms with Gasteiger partial charge in [0.1, 0.15) is 5.75 Å². The molecule has 2 aliphatic rings. The number of hydrogen-bond donors (Lipinski definition) is 1. The minimum absolute atomic E-state index is 0.0214. The molecular weight excluding hydrogens is 318 g/mol. The van der Waals surface area contributed by atoms with Crippen LogP contribution in [0.25, 0.3) is 0 Å². The van der Waals surface area contributed by atoms with Crippen molar-refractivity contribution in [3.05, 3.63) is 59.2 Å². The van der Waals surface area contributed by atoms with Gasteiger partial charge in [-0.3, -0.25) is 4.84 Å². The number of anilines is 1. The average molecular weight is 339 g/mol. The van der Waals surface area contributed by atoms with Gasteiger partial charge < -0.3 is 9.84 Å². The number of para-hydroxylation sites is 1. The van der Waals surface area contributed by atoms with Gasteiger partial charge >= 0.3 is 5.97 Å². The monoisotopic (exact) mass is 339 g/mol. The van der Waals surface area contributed by atoms with E-state index in [1.54, 1.807) is 19.2 Å². The molecule has 2 aliphatic heterocycles. The summed E-state index contributed by atoms with van der Waals surface area (Å²) < 4.78 is 6.02. The van der Waals surface area contributed by atoms with Crippen molar-refractivity contribution in [3.8, 4) is 5.75 Å². The van der Waals surface area contributed by atoms with Crippen LogP contribution in [0.15, 0.2) is 42.5 Å². The molecule has 0 radical (unpaired) electrons. The van der Waals surface area contributed by atoms with E-state index in [4.69, 9.17) is 9.57 Å². The van der Waals surface area contributed by atoms with Crippen LogP contribution in [0.3, 0.4) is 0 Å². The van der Waals surface area contributed by atoms with E-state index in [0.717, 1.165) is 22.6 Å². The topological polar surface area (TPSA) is 59.0 Å². The molecule has 0 fully saturated rings. The number of ether oxygens (including phenoxy) is 1. The number of fused-ring (bicyclic) bond motifs is 4. The Bertz CT molecular complexity index is 845. The van der Waals surface area contributed by atoms with Crippen LogP contribution < -0.4 is 9.80 Å². The van der Waals surface area contributed by atoms with Crippen molar-refractivity contribution >= 4 is 11.7 Å². The molecule has 0 spiro atoms. The van der Waals surface area contributed by atoms with E-state index in [9.17, 15) is 9.90 Å². The van der Waals surface area contributed by atoms with Crippen molar-refractivity contribution in [2.45, 2.75) is 25.3 Å². The fourth-order valence-electron chi connectivity index (χ4n) is 4.18. The van der Waals surface area contributed by atoms with Crippen molar-refractivity contribution in [1.82, 2.24) is 0 Å². The van der Waals surface area contributed by atoms with Crippen molar-refractivity contribution in [2.24, 2.45) is 5.92 Å². The van der Waals surface area contributed by atoms with Gasteiger partial charge in [-0.2, -0.15) is 0 Å². The summed E-state index contributed by atoms with van der Waals surface area (Å²) in [7, 11) is 1.66. The third-order valence-corrected chi connectivity index (χ3v) is 5.59. The molecule has 0 bridgehead atoms. The van der Waals surface area contributed by atoms with Crippen LogP contribution in [-0.4, -0.2) is 24.8 Å². The smallest absolute Gasteiger partial charge is 0.335 e. The molecule has 0 unspecified atom stereocenters. The van der Waals surface area contributed by atoms with Gasteiger partial charge in [0, 0.05) is 16.9 Å². The summed E-state index contributed by atoms with van der Waals surface area (Å²) >= 11 is 0. The second kappa shape index (κ2) is 5.49.